The first-order chi connectivity index (χ1) is 12.3. The molecule has 1 amide bonds. The van der Waals surface area contributed by atoms with Gasteiger partial charge in [-0.3, -0.25) is 4.79 Å². The second kappa shape index (κ2) is 9.68. The Balaban J connectivity index is 2.00. The van der Waals surface area contributed by atoms with E-state index in [4.69, 9.17) is 4.74 Å². The third-order valence-electron chi connectivity index (χ3n) is 3.63. The summed E-state index contributed by atoms with van der Waals surface area (Å²) in [7, 11) is 0. The molecule has 0 saturated carbocycles. The molecule has 0 aliphatic carbocycles. The Kier molecular flexibility index (Phi) is 7.87. The summed E-state index contributed by atoms with van der Waals surface area (Å²) >= 11 is 4.51. The van der Waals surface area contributed by atoms with Gasteiger partial charge in [-0.2, -0.15) is 5.10 Å². The number of aryl methyl sites for hydroxylation is 2. The largest absolute Gasteiger partial charge is 0.489 e. The maximum atomic E-state index is 12.1. The van der Waals surface area contributed by atoms with Gasteiger partial charge in [-0.25, -0.2) is 5.43 Å². The van der Waals surface area contributed by atoms with Crippen molar-refractivity contribution < 1.29 is 9.53 Å². The maximum absolute atomic E-state index is 12.1. The van der Waals surface area contributed by atoms with Crippen molar-refractivity contribution in [3.05, 3.63) is 59.7 Å². The van der Waals surface area contributed by atoms with Crippen LogP contribution in [-0.2, 0) is 11.2 Å². The highest BCUT2D eigenvalue weighted by Crippen LogP contribution is 2.29. The molecule has 0 aliphatic heterocycles. The molecule has 0 aromatic heterocycles. The molecular formula is C20H22I2N2O2. The molecule has 0 atom stereocenters. The summed E-state index contributed by atoms with van der Waals surface area (Å²) in [5, 5.41) is 4.09. The summed E-state index contributed by atoms with van der Waals surface area (Å²) in [5.74, 6) is 0.759. The quantitative estimate of drug-likeness (QED) is 0.300. The Morgan fingerprint density at radius 2 is 1.85 bits per heavy atom. The van der Waals surface area contributed by atoms with E-state index in [2.05, 4.69) is 61.8 Å². The van der Waals surface area contributed by atoms with Crippen LogP contribution in [-0.4, -0.2) is 18.2 Å². The average molecular weight is 576 g/mol. The Morgan fingerprint density at radius 3 is 2.42 bits per heavy atom. The second-order valence-corrected chi connectivity index (χ2v) is 8.70. The molecule has 2 aromatic rings. The van der Waals surface area contributed by atoms with Gasteiger partial charge in [-0.05, 0) is 102 Å². The van der Waals surface area contributed by atoms with Gasteiger partial charge in [0.25, 0.3) is 0 Å². The lowest BCUT2D eigenvalue weighted by Gasteiger charge is -2.14. The van der Waals surface area contributed by atoms with Crippen molar-refractivity contribution in [2.45, 2.75) is 40.2 Å². The predicted molar refractivity (Wildman–Crippen MR) is 123 cm³/mol. The Labute approximate surface area is 182 Å². The summed E-state index contributed by atoms with van der Waals surface area (Å²) in [6.45, 7) is 8.07. The van der Waals surface area contributed by atoms with E-state index in [9.17, 15) is 4.79 Å². The molecule has 0 saturated heterocycles. The lowest BCUT2D eigenvalue weighted by atomic mass is 10.0. The minimum absolute atomic E-state index is 0.126. The highest BCUT2D eigenvalue weighted by atomic mass is 127. The molecule has 2 rings (SSSR count). The van der Waals surface area contributed by atoms with Gasteiger partial charge in [0.1, 0.15) is 5.75 Å². The number of benzene rings is 2. The van der Waals surface area contributed by atoms with Gasteiger partial charge < -0.3 is 4.74 Å². The molecule has 26 heavy (non-hydrogen) atoms. The first-order valence-corrected chi connectivity index (χ1v) is 10.5. The lowest BCUT2D eigenvalue weighted by Crippen LogP contribution is -2.20. The van der Waals surface area contributed by atoms with Crippen LogP contribution in [0.5, 0.6) is 5.75 Å². The number of hydrogen-bond donors (Lipinski definition) is 1. The minimum atomic E-state index is -0.127. The number of ether oxygens (including phenoxy) is 1. The average Bonchev–Trinajstić information content (AvgIpc) is 2.53. The number of rotatable bonds is 6. The Morgan fingerprint density at radius 1 is 1.19 bits per heavy atom. The molecule has 4 nitrogen and oxygen atoms in total. The van der Waals surface area contributed by atoms with Crippen molar-refractivity contribution in [2.75, 3.05) is 0 Å². The smallest absolute Gasteiger partial charge is 0.244 e. The van der Waals surface area contributed by atoms with Crippen LogP contribution < -0.4 is 10.2 Å². The monoisotopic (exact) mass is 576 g/mol. The molecule has 0 heterocycles. The van der Waals surface area contributed by atoms with E-state index in [1.165, 1.54) is 5.56 Å². The maximum Gasteiger partial charge on any atom is 0.244 e. The number of carbonyl (C=O) groups excluding carboxylic acids is 1. The highest BCUT2D eigenvalue weighted by Gasteiger charge is 2.10. The van der Waals surface area contributed by atoms with E-state index in [0.29, 0.717) is 6.42 Å². The number of nitrogens with one attached hydrogen (secondary N) is 1. The van der Waals surface area contributed by atoms with E-state index in [1.54, 1.807) is 6.21 Å². The first-order valence-electron chi connectivity index (χ1n) is 8.30. The topological polar surface area (TPSA) is 50.7 Å². The molecule has 6 heteroatoms. The van der Waals surface area contributed by atoms with Crippen LogP contribution in [0.2, 0.25) is 0 Å². The fourth-order valence-corrected chi connectivity index (χ4v) is 4.51. The van der Waals surface area contributed by atoms with Gasteiger partial charge in [0.2, 0.25) is 5.91 Å². The molecular weight excluding hydrogens is 554 g/mol. The standard InChI is InChI=1S/C20H22I2N2O2/c1-12(2)26-20-17(21)8-15(9-18(20)22)11-23-24-19(25)10-16-6-5-13(3)7-14(16)4/h5-9,11-12H,10H2,1-4H3,(H,24,25)/b23-11+. The highest BCUT2D eigenvalue weighted by molar-refractivity contribution is 14.1. The van der Waals surface area contributed by atoms with Crippen molar-refractivity contribution in [1.29, 1.82) is 0 Å². The van der Waals surface area contributed by atoms with Crippen LogP contribution in [0, 0.1) is 21.0 Å². The predicted octanol–water partition coefficient (Wildman–Crippen LogP) is 4.99. The Bertz CT molecular complexity index is 810. The third-order valence-corrected chi connectivity index (χ3v) is 5.23. The summed E-state index contributed by atoms with van der Waals surface area (Å²) in [5.41, 5.74) is 6.85. The summed E-state index contributed by atoms with van der Waals surface area (Å²) in [4.78, 5) is 12.1. The summed E-state index contributed by atoms with van der Waals surface area (Å²) in [6, 6.07) is 10.1. The molecule has 0 radical (unpaired) electrons. The van der Waals surface area contributed by atoms with E-state index in [1.807, 2.05) is 52.0 Å². The summed E-state index contributed by atoms with van der Waals surface area (Å²) < 4.78 is 7.87. The van der Waals surface area contributed by atoms with Crippen LogP contribution in [0.3, 0.4) is 0 Å². The van der Waals surface area contributed by atoms with Crippen LogP contribution in [0.15, 0.2) is 35.4 Å². The van der Waals surface area contributed by atoms with E-state index >= 15 is 0 Å². The van der Waals surface area contributed by atoms with Crippen molar-refractivity contribution in [3.8, 4) is 5.75 Å². The molecule has 0 fully saturated rings. The first kappa shape index (κ1) is 21.1. The fraction of sp³-hybridized carbons (Fsp3) is 0.300. The van der Waals surface area contributed by atoms with E-state index in [0.717, 1.165) is 29.6 Å². The number of halogens is 2. The molecule has 2 aromatic carbocycles. The number of amides is 1. The molecule has 0 spiro atoms. The van der Waals surface area contributed by atoms with Crippen LogP contribution >= 0.6 is 45.2 Å². The van der Waals surface area contributed by atoms with Crippen LogP contribution in [0.1, 0.15) is 36.1 Å². The Hall–Kier alpha value is -1.16. The normalized spacial score (nSPS) is 11.2. The van der Waals surface area contributed by atoms with Crippen molar-refractivity contribution in [1.82, 2.24) is 5.43 Å². The van der Waals surface area contributed by atoms with E-state index in [-0.39, 0.29) is 12.0 Å². The van der Waals surface area contributed by atoms with Crippen molar-refractivity contribution in [3.63, 3.8) is 0 Å². The van der Waals surface area contributed by atoms with Gasteiger partial charge in [0, 0.05) is 0 Å². The van der Waals surface area contributed by atoms with Crippen LogP contribution in [0.4, 0.5) is 0 Å². The number of nitrogens with zero attached hydrogens (tertiary/aromatic N) is 1. The number of carbonyl (C=O) groups is 1. The van der Waals surface area contributed by atoms with Gasteiger partial charge in [-0.1, -0.05) is 23.8 Å². The van der Waals surface area contributed by atoms with E-state index < -0.39 is 0 Å². The molecule has 0 bridgehead atoms. The number of hydrazone groups is 1. The number of hydrogen-bond acceptors (Lipinski definition) is 3. The van der Waals surface area contributed by atoms with Crippen molar-refractivity contribution >= 4 is 57.3 Å². The zero-order chi connectivity index (χ0) is 19.3. The molecule has 138 valence electrons. The molecule has 1 N–H and O–H groups in total. The minimum Gasteiger partial charge on any atom is -0.489 e. The third kappa shape index (κ3) is 6.22. The summed E-state index contributed by atoms with van der Waals surface area (Å²) in [6.07, 6.45) is 2.10. The second-order valence-electron chi connectivity index (χ2n) is 6.38. The van der Waals surface area contributed by atoms with Crippen LogP contribution in [0.25, 0.3) is 0 Å². The van der Waals surface area contributed by atoms with Gasteiger partial charge >= 0.3 is 0 Å². The zero-order valence-corrected chi connectivity index (χ0v) is 19.6. The van der Waals surface area contributed by atoms with Gasteiger partial charge in [-0.15, -0.1) is 0 Å². The van der Waals surface area contributed by atoms with Crippen molar-refractivity contribution in [2.24, 2.45) is 5.10 Å². The zero-order valence-electron chi connectivity index (χ0n) is 15.3. The molecule has 0 aliphatic rings. The fourth-order valence-electron chi connectivity index (χ4n) is 2.44. The SMILES string of the molecule is Cc1ccc(CC(=O)N/N=C/c2cc(I)c(OC(C)C)c(I)c2)c(C)c1. The van der Waals surface area contributed by atoms with Gasteiger partial charge in [0.05, 0.1) is 25.9 Å². The van der Waals surface area contributed by atoms with Gasteiger partial charge in [0.15, 0.2) is 0 Å². The lowest BCUT2D eigenvalue weighted by molar-refractivity contribution is -0.120. The molecule has 0 unspecified atom stereocenters.